The van der Waals surface area contributed by atoms with E-state index in [1.54, 1.807) is 0 Å². The Morgan fingerprint density at radius 3 is 2.18 bits per heavy atom. The molecule has 9 atom stereocenters. The van der Waals surface area contributed by atoms with Crippen molar-refractivity contribution in [1.82, 2.24) is 0 Å². The zero-order valence-electron chi connectivity index (χ0n) is 23.8. The average Bonchev–Trinajstić information content (AvgIpc) is 3.35. The van der Waals surface area contributed by atoms with Crippen LogP contribution in [-0.2, 0) is 38.1 Å². The highest BCUT2D eigenvalue weighted by molar-refractivity contribution is 5.73. The van der Waals surface area contributed by atoms with Crippen LogP contribution in [0.15, 0.2) is 11.6 Å². The molecule has 8 nitrogen and oxygen atoms in total. The quantitative estimate of drug-likeness (QED) is 0.298. The SMILES string of the molecule is CC(=O)OC1CC2C(C)(C)OC(=O)CC(OC(C)=O)[C@]2(C)C2CCC3(C)C(=CCC3[C@H]3COC(=O)C3)[C@]12C. The molecule has 38 heavy (non-hydrogen) atoms. The smallest absolute Gasteiger partial charge is 0.310 e. The zero-order valence-corrected chi connectivity index (χ0v) is 23.8. The van der Waals surface area contributed by atoms with Crippen molar-refractivity contribution in [2.24, 2.45) is 39.9 Å². The molecule has 0 bridgehead atoms. The maximum atomic E-state index is 13.0. The van der Waals surface area contributed by atoms with Crippen LogP contribution in [-0.4, -0.2) is 48.3 Å². The third-order valence-corrected chi connectivity index (χ3v) is 11.2. The molecule has 6 unspecified atom stereocenters. The van der Waals surface area contributed by atoms with E-state index in [1.807, 2.05) is 13.8 Å². The number of cyclic esters (lactones) is 2. The fourth-order valence-corrected chi connectivity index (χ4v) is 9.84. The summed E-state index contributed by atoms with van der Waals surface area (Å²) in [7, 11) is 0. The van der Waals surface area contributed by atoms with Gasteiger partial charge >= 0.3 is 23.9 Å². The highest BCUT2D eigenvalue weighted by Crippen LogP contribution is 2.72. The summed E-state index contributed by atoms with van der Waals surface area (Å²) in [6.07, 6.45) is 4.74. The Labute approximate surface area is 225 Å². The summed E-state index contributed by atoms with van der Waals surface area (Å²) in [5.74, 6) is -1.07. The number of ether oxygens (including phenoxy) is 4. The molecule has 5 aliphatic rings. The molecular formula is C30H42O8. The van der Waals surface area contributed by atoms with Crippen molar-refractivity contribution in [3.05, 3.63) is 11.6 Å². The predicted molar refractivity (Wildman–Crippen MR) is 136 cm³/mol. The fraction of sp³-hybridized carbons (Fsp3) is 0.800. The lowest BCUT2D eigenvalue weighted by Gasteiger charge is -2.66. The standard InChI is InChI=1S/C30H42O8/c1-16(31)36-23-13-22-27(3,4)38-26(34)14-24(37-17(2)32)30(22,7)21-10-11-28(5)19(18-12-25(33)35-15-18)8-9-20(28)29(21,23)6/h9,18-19,21-24H,8,10-15H2,1-7H3/t18-,19?,21?,22?,23?,24?,28?,29+,30-/m1/s1. The Bertz CT molecular complexity index is 1090. The normalized spacial score (nSPS) is 45.4. The van der Waals surface area contributed by atoms with Crippen molar-refractivity contribution >= 4 is 23.9 Å². The maximum Gasteiger partial charge on any atom is 0.310 e. The van der Waals surface area contributed by atoms with Crippen LogP contribution in [0.3, 0.4) is 0 Å². The van der Waals surface area contributed by atoms with E-state index in [9.17, 15) is 19.2 Å². The van der Waals surface area contributed by atoms with E-state index >= 15 is 0 Å². The maximum absolute atomic E-state index is 13.0. The molecule has 210 valence electrons. The molecule has 0 aromatic heterocycles. The molecule has 0 aromatic rings. The van der Waals surface area contributed by atoms with Crippen LogP contribution in [0.2, 0.25) is 0 Å². The number of hydrogen-bond acceptors (Lipinski definition) is 8. The van der Waals surface area contributed by atoms with Gasteiger partial charge in [-0.25, -0.2) is 0 Å². The van der Waals surface area contributed by atoms with E-state index in [-0.39, 0.29) is 53.4 Å². The molecule has 3 aliphatic carbocycles. The van der Waals surface area contributed by atoms with Gasteiger partial charge in [0, 0.05) is 36.5 Å². The number of esters is 4. The van der Waals surface area contributed by atoms with Crippen LogP contribution in [0.25, 0.3) is 0 Å². The average molecular weight is 531 g/mol. The number of rotatable bonds is 3. The molecule has 4 fully saturated rings. The molecule has 0 aromatic carbocycles. The summed E-state index contributed by atoms with van der Waals surface area (Å²) >= 11 is 0. The Morgan fingerprint density at radius 2 is 1.58 bits per heavy atom. The van der Waals surface area contributed by atoms with Crippen molar-refractivity contribution < 1.29 is 38.1 Å². The number of carbonyl (C=O) groups is 4. The van der Waals surface area contributed by atoms with Gasteiger partial charge in [-0.2, -0.15) is 0 Å². The topological polar surface area (TPSA) is 105 Å². The molecule has 0 N–H and O–H groups in total. The second-order valence-corrected chi connectivity index (χ2v) is 13.5. The first-order valence-corrected chi connectivity index (χ1v) is 14.1. The van der Waals surface area contributed by atoms with E-state index in [4.69, 9.17) is 18.9 Å². The molecule has 2 saturated carbocycles. The number of fused-ring (bicyclic) bond motifs is 5. The number of carbonyl (C=O) groups excluding carboxylic acids is 4. The first kappa shape index (κ1) is 27.2. The first-order valence-electron chi connectivity index (χ1n) is 14.1. The number of allylic oxidation sites excluding steroid dienone is 1. The molecule has 5 rings (SSSR count). The molecular weight excluding hydrogens is 488 g/mol. The predicted octanol–water partition coefficient (Wildman–Crippen LogP) is 4.53. The second kappa shape index (κ2) is 8.82. The summed E-state index contributed by atoms with van der Waals surface area (Å²) in [6, 6.07) is 0. The van der Waals surface area contributed by atoms with Crippen LogP contribution < -0.4 is 0 Å². The highest BCUT2D eigenvalue weighted by atomic mass is 16.6. The monoisotopic (exact) mass is 530 g/mol. The van der Waals surface area contributed by atoms with Crippen LogP contribution >= 0.6 is 0 Å². The van der Waals surface area contributed by atoms with Crippen molar-refractivity contribution in [2.45, 2.75) is 105 Å². The Hall–Kier alpha value is -2.38. The highest BCUT2D eigenvalue weighted by Gasteiger charge is 2.71. The van der Waals surface area contributed by atoms with Gasteiger partial charge in [0.15, 0.2) is 0 Å². The molecule has 8 heteroatoms. The Kier molecular flexibility index (Phi) is 6.31. The first-order chi connectivity index (χ1) is 17.6. The fourth-order valence-electron chi connectivity index (χ4n) is 9.84. The van der Waals surface area contributed by atoms with Crippen molar-refractivity contribution in [3.63, 3.8) is 0 Å². The van der Waals surface area contributed by atoms with Crippen LogP contribution in [0.4, 0.5) is 0 Å². The Balaban J connectivity index is 1.64. The van der Waals surface area contributed by atoms with Crippen LogP contribution in [0.5, 0.6) is 0 Å². The minimum Gasteiger partial charge on any atom is -0.465 e. The van der Waals surface area contributed by atoms with Gasteiger partial charge in [-0.1, -0.05) is 32.4 Å². The molecule has 0 radical (unpaired) electrons. The van der Waals surface area contributed by atoms with Crippen LogP contribution in [0, 0.1) is 39.9 Å². The van der Waals surface area contributed by atoms with Crippen molar-refractivity contribution in [1.29, 1.82) is 0 Å². The van der Waals surface area contributed by atoms with Gasteiger partial charge in [-0.3, -0.25) is 19.2 Å². The third-order valence-electron chi connectivity index (χ3n) is 11.2. The summed E-state index contributed by atoms with van der Waals surface area (Å²) in [5.41, 5.74) is -0.874. The minimum atomic E-state index is -0.838. The van der Waals surface area contributed by atoms with E-state index in [0.717, 1.165) is 19.3 Å². The lowest BCUT2D eigenvalue weighted by atomic mass is 9.39. The molecule has 0 amide bonds. The van der Waals surface area contributed by atoms with E-state index in [1.165, 1.54) is 19.4 Å². The van der Waals surface area contributed by atoms with Gasteiger partial charge in [-0.05, 0) is 56.8 Å². The third kappa shape index (κ3) is 3.83. The lowest BCUT2D eigenvalue weighted by Crippen LogP contribution is -2.67. The zero-order chi connectivity index (χ0) is 27.8. The lowest BCUT2D eigenvalue weighted by molar-refractivity contribution is -0.227. The second-order valence-electron chi connectivity index (χ2n) is 13.5. The molecule has 2 heterocycles. The minimum absolute atomic E-state index is 0.00128. The molecule has 2 saturated heterocycles. The molecule has 2 aliphatic heterocycles. The van der Waals surface area contributed by atoms with Gasteiger partial charge in [0.05, 0.1) is 19.4 Å². The van der Waals surface area contributed by atoms with Crippen LogP contribution in [0.1, 0.15) is 87.0 Å². The van der Waals surface area contributed by atoms with Gasteiger partial charge < -0.3 is 18.9 Å². The van der Waals surface area contributed by atoms with Crippen molar-refractivity contribution in [2.75, 3.05) is 6.61 Å². The van der Waals surface area contributed by atoms with E-state index in [0.29, 0.717) is 19.4 Å². The van der Waals surface area contributed by atoms with Gasteiger partial charge in [0.25, 0.3) is 0 Å². The van der Waals surface area contributed by atoms with E-state index < -0.39 is 34.6 Å². The Morgan fingerprint density at radius 1 is 0.921 bits per heavy atom. The van der Waals surface area contributed by atoms with Gasteiger partial charge in [-0.15, -0.1) is 0 Å². The summed E-state index contributed by atoms with van der Waals surface area (Å²) in [4.78, 5) is 49.8. The largest absolute Gasteiger partial charge is 0.465 e. The molecule has 0 spiro atoms. The number of hydrogen-bond donors (Lipinski definition) is 0. The van der Waals surface area contributed by atoms with Gasteiger partial charge in [0.1, 0.15) is 17.8 Å². The van der Waals surface area contributed by atoms with Crippen molar-refractivity contribution in [3.8, 4) is 0 Å². The summed E-state index contributed by atoms with van der Waals surface area (Å²) in [5, 5.41) is 0. The summed E-state index contributed by atoms with van der Waals surface area (Å²) < 4.78 is 23.5. The van der Waals surface area contributed by atoms with E-state index in [2.05, 4.69) is 26.8 Å². The summed E-state index contributed by atoms with van der Waals surface area (Å²) in [6.45, 7) is 13.8. The van der Waals surface area contributed by atoms with Gasteiger partial charge in [0.2, 0.25) is 0 Å².